The number of carbonyl (C=O) groups excluding carboxylic acids is 1. The van der Waals surface area contributed by atoms with Crippen molar-refractivity contribution in [1.82, 2.24) is 20.4 Å². The van der Waals surface area contributed by atoms with Crippen molar-refractivity contribution in [2.45, 2.75) is 38.0 Å². The van der Waals surface area contributed by atoms with Crippen LogP contribution in [0.5, 0.6) is 0 Å². The molecule has 1 unspecified atom stereocenters. The van der Waals surface area contributed by atoms with Crippen molar-refractivity contribution < 1.29 is 9.32 Å². The second kappa shape index (κ2) is 5.89. The van der Waals surface area contributed by atoms with E-state index in [0.29, 0.717) is 31.1 Å². The fourth-order valence-corrected chi connectivity index (χ4v) is 3.28. The van der Waals surface area contributed by atoms with Gasteiger partial charge in [0, 0.05) is 37.8 Å². The molecule has 7 nitrogen and oxygen atoms in total. The molecule has 1 amide bonds. The summed E-state index contributed by atoms with van der Waals surface area (Å²) in [6.07, 6.45) is 5.46. The zero-order valence-corrected chi connectivity index (χ0v) is 13.8. The van der Waals surface area contributed by atoms with Gasteiger partial charge in [-0.1, -0.05) is 5.16 Å². The second-order valence-electron chi connectivity index (χ2n) is 6.86. The molecule has 4 heterocycles. The van der Waals surface area contributed by atoms with Crippen molar-refractivity contribution in [2.75, 3.05) is 24.5 Å². The zero-order valence-electron chi connectivity index (χ0n) is 13.8. The third kappa shape index (κ3) is 2.74. The van der Waals surface area contributed by atoms with Gasteiger partial charge in [-0.05, 0) is 38.3 Å². The Labute approximate surface area is 140 Å². The van der Waals surface area contributed by atoms with E-state index >= 15 is 0 Å². The number of nitrogens with zero attached hydrogens (tertiary/aromatic N) is 4. The molecule has 2 aromatic rings. The molecule has 0 spiro atoms. The number of pyridine rings is 1. The van der Waals surface area contributed by atoms with Crippen LogP contribution in [0.2, 0.25) is 0 Å². The summed E-state index contributed by atoms with van der Waals surface area (Å²) >= 11 is 0. The average Bonchev–Trinajstić information content (AvgIpc) is 3.30. The molecular formula is C17H21N5O2. The lowest BCUT2D eigenvalue weighted by molar-refractivity contribution is -0.123. The predicted octanol–water partition coefficient (Wildman–Crippen LogP) is 1.90. The first-order valence-electron chi connectivity index (χ1n) is 8.46. The van der Waals surface area contributed by atoms with Gasteiger partial charge >= 0.3 is 0 Å². The maximum Gasteiger partial charge on any atom is 0.234 e. The van der Waals surface area contributed by atoms with Crippen molar-refractivity contribution in [3.63, 3.8) is 0 Å². The number of rotatable bonds is 3. The van der Waals surface area contributed by atoms with Crippen LogP contribution in [0.3, 0.4) is 0 Å². The molecule has 4 rings (SSSR count). The van der Waals surface area contributed by atoms with E-state index < -0.39 is 0 Å². The molecule has 0 aliphatic carbocycles. The van der Waals surface area contributed by atoms with Crippen LogP contribution in [0.25, 0.3) is 11.4 Å². The number of anilines is 1. The Bertz CT molecular complexity index is 724. The van der Waals surface area contributed by atoms with E-state index in [0.717, 1.165) is 24.5 Å². The normalized spacial score (nSPS) is 24.2. The van der Waals surface area contributed by atoms with Crippen LogP contribution in [-0.4, -0.2) is 40.7 Å². The predicted molar refractivity (Wildman–Crippen MR) is 88.6 cm³/mol. The van der Waals surface area contributed by atoms with Gasteiger partial charge in [0.1, 0.15) is 5.82 Å². The molecule has 0 aromatic carbocycles. The summed E-state index contributed by atoms with van der Waals surface area (Å²) in [7, 11) is 0. The first-order chi connectivity index (χ1) is 11.6. The molecule has 1 atom stereocenters. The summed E-state index contributed by atoms with van der Waals surface area (Å²) in [6.45, 7) is 4.71. The summed E-state index contributed by atoms with van der Waals surface area (Å²) < 4.78 is 5.48. The minimum atomic E-state index is -0.303. The number of nitrogens with one attached hydrogen (secondary N) is 1. The van der Waals surface area contributed by atoms with E-state index in [4.69, 9.17) is 4.52 Å². The van der Waals surface area contributed by atoms with Crippen LogP contribution >= 0.6 is 0 Å². The fraction of sp³-hybridized carbons (Fsp3) is 0.529. The van der Waals surface area contributed by atoms with Crippen LogP contribution in [0, 0.1) is 0 Å². The summed E-state index contributed by atoms with van der Waals surface area (Å²) in [5, 5.41) is 6.97. The molecule has 2 saturated heterocycles. The number of carbonyl (C=O) groups is 1. The quantitative estimate of drug-likeness (QED) is 0.927. The highest BCUT2D eigenvalue weighted by Gasteiger charge is 2.37. The number of hydrogen-bond acceptors (Lipinski definition) is 6. The fourth-order valence-electron chi connectivity index (χ4n) is 3.28. The van der Waals surface area contributed by atoms with E-state index in [9.17, 15) is 4.79 Å². The minimum Gasteiger partial charge on any atom is -0.357 e. The second-order valence-corrected chi connectivity index (χ2v) is 6.86. The molecule has 2 fully saturated rings. The maximum atomic E-state index is 11.4. The van der Waals surface area contributed by atoms with Gasteiger partial charge in [0.15, 0.2) is 0 Å². The molecule has 7 heteroatoms. The topological polar surface area (TPSA) is 84.2 Å². The van der Waals surface area contributed by atoms with Crippen LogP contribution in [0.15, 0.2) is 22.9 Å². The Morgan fingerprint density at radius 1 is 1.29 bits per heavy atom. The first kappa shape index (κ1) is 15.1. The van der Waals surface area contributed by atoms with Crippen molar-refractivity contribution in [1.29, 1.82) is 0 Å². The van der Waals surface area contributed by atoms with Gasteiger partial charge in [-0.25, -0.2) is 4.98 Å². The summed E-state index contributed by atoms with van der Waals surface area (Å²) in [4.78, 5) is 22.7. The highest BCUT2D eigenvalue weighted by Crippen LogP contribution is 2.31. The molecule has 1 N–H and O–H groups in total. The van der Waals surface area contributed by atoms with E-state index in [2.05, 4.69) is 25.3 Å². The Morgan fingerprint density at radius 3 is 2.79 bits per heavy atom. The number of piperidine rings is 1. The molecule has 2 aliphatic rings. The molecule has 0 bridgehead atoms. The van der Waals surface area contributed by atoms with E-state index in [1.54, 1.807) is 6.20 Å². The van der Waals surface area contributed by atoms with Crippen LogP contribution in [0.4, 0.5) is 5.82 Å². The van der Waals surface area contributed by atoms with E-state index in [-0.39, 0.29) is 11.3 Å². The van der Waals surface area contributed by atoms with Gasteiger partial charge < -0.3 is 14.7 Å². The monoisotopic (exact) mass is 327 g/mol. The van der Waals surface area contributed by atoms with Gasteiger partial charge in [0.25, 0.3) is 0 Å². The molecule has 0 radical (unpaired) electrons. The van der Waals surface area contributed by atoms with Crippen LogP contribution < -0.4 is 10.2 Å². The first-order valence-corrected chi connectivity index (χ1v) is 8.46. The zero-order chi connectivity index (χ0) is 16.6. The third-order valence-electron chi connectivity index (χ3n) is 4.96. The molecular weight excluding hydrogens is 306 g/mol. The van der Waals surface area contributed by atoms with Gasteiger partial charge in [-0.3, -0.25) is 4.79 Å². The van der Waals surface area contributed by atoms with Gasteiger partial charge in [-0.15, -0.1) is 0 Å². The highest BCUT2D eigenvalue weighted by atomic mass is 16.5. The third-order valence-corrected chi connectivity index (χ3v) is 4.96. The van der Waals surface area contributed by atoms with E-state index in [1.807, 2.05) is 19.1 Å². The lowest BCUT2D eigenvalue weighted by atomic mass is 9.82. The van der Waals surface area contributed by atoms with Gasteiger partial charge in [0.2, 0.25) is 17.6 Å². The van der Waals surface area contributed by atoms with Crippen LogP contribution in [-0.2, 0) is 10.2 Å². The summed E-state index contributed by atoms with van der Waals surface area (Å²) in [6, 6.07) is 4.00. The lowest BCUT2D eigenvalue weighted by Crippen LogP contribution is -2.44. The van der Waals surface area contributed by atoms with Gasteiger partial charge in [0.05, 0.1) is 5.41 Å². The average molecular weight is 327 g/mol. The Morgan fingerprint density at radius 2 is 2.12 bits per heavy atom. The standard InChI is InChI=1S/C17H21N5O2/c1-17(7-6-14(23)19-11-17)16-20-15(21-24-16)12-4-5-13(18-10-12)22-8-2-3-9-22/h4-5,10H,2-3,6-9,11H2,1H3,(H,19,23). The molecule has 24 heavy (non-hydrogen) atoms. The SMILES string of the molecule is CC1(c2nc(-c3ccc(N4CCCC4)nc3)no2)CCC(=O)NC1. The molecule has 2 aromatic heterocycles. The maximum absolute atomic E-state index is 11.4. The number of hydrogen-bond donors (Lipinski definition) is 1. The minimum absolute atomic E-state index is 0.0777. The van der Waals surface area contributed by atoms with E-state index in [1.165, 1.54) is 12.8 Å². The van der Waals surface area contributed by atoms with Gasteiger partial charge in [-0.2, -0.15) is 4.98 Å². The van der Waals surface area contributed by atoms with Crippen molar-refractivity contribution in [2.24, 2.45) is 0 Å². The van der Waals surface area contributed by atoms with Crippen molar-refractivity contribution in [3.8, 4) is 11.4 Å². The molecule has 2 aliphatic heterocycles. The Kier molecular flexibility index (Phi) is 3.70. The van der Waals surface area contributed by atoms with Crippen LogP contribution in [0.1, 0.15) is 38.5 Å². The Hall–Kier alpha value is -2.44. The van der Waals surface area contributed by atoms with Crippen molar-refractivity contribution in [3.05, 3.63) is 24.2 Å². The summed E-state index contributed by atoms with van der Waals surface area (Å²) in [5.41, 5.74) is 0.540. The highest BCUT2D eigenvalue weighted by molar-refractivity contribution is 5.77. The van der Waals surface area contributed by atoms with Crippen molar-refractivity contribution >= 4 is 11.7 Å². The number of amides is 1. The summed E-state index contributed by atoms with van der Waals surface area (Å²) in [5.74, 6) is 2.19. The Balaban J connectivity index is 1.53. The smallest absolute Gasteiger partial charge is 0.234 e. The number of aromatic nitrogens is 3. The molecule has 126 valence electrons. The largest absolute Gasteiger partial charge is 0.357 e. The lowest BCUT2D eigenvalue weighted by Gasteiger charge is -2.29. The molecule has 0 saturated carbocycles.